The van der Waals surface area contributed by atoms with Crippen LogP contribution in [0.1, 0.15) is 33.9 Å². The molecule has 0 bridgehead atoms. The molecule has 2 aromatic rings. The van der Waals surface area contributed by atoms with Gasteiger partial charge < -0.3 is 10.6 Å². The summed E-state index contributed by atoms with van der Waals surface area (Å²) in [6.07, 6.45) is 3.65. The Morgan fingerprint density at radius 3 is 2.90 bits per heavy atom. The molecular weight excluding hydrogens is 266 g/mol. The van der Waals surface area contributed by atoms with Gasteiger partial charge in [-0.25, -0.2) is 0 Å². The predicted octanol–water partition coefficient (Wildman–Crippen LogP) is 1.57. The summed E-state index contributed by atoms with van der Waals surface area (Å²) in [5, 5.41) is 5.68. The van der Waals surface area contributed by atoms with E-state index in [9.17, 15) is 9.59 Å². The lowest BCUT2D eigenvalue weighted by atomic mass is 10.0. The molecule has 1 unspecified atom stereocenters. The summed E-state index contributed by atoms with van der Waals surface area (Å²) < 4.78 is 0. The van der Waals surface area contributed by atoms with E-state index >= 15 is 0 Å². The third kappa shape index (κ3) is 2.91. The minimum absolute atomic E-state index is 0.0964. The van der Waals surface area contributed by atoms with Gasteiger partial charge in [-0.15, -0.1) is 0 Å². The summed E-state index contributed by atoms with van der Waals surface area (Å²) in [5.41, 5.74) is 2.49. The molecular formula is C16H15N3O2. The lowest BCUT2D eigenvalue weighted by Crippen LogP contribution is -2.28. The van der Waals surface area contributed by atoms with Crippen LogP contribution in [0.4, 0.5) is 0 Å². The molecule has 0 aliphatic carbocycles. The van der Waals surface area contributed by atoms with Crippen LogP contribution in [0, 0.1) is 0 Å². The van der Waals surface area contributed by atoms with Crippen molar-refractivity contribution < 1.29 is 9.59 Å². The normalized spacial score (nSPS) is 16.2. The third-order valence-electron chi connectivity index (χ3n) is 3.49. The maximum atomic E-state index is 12.0. The molecule has 106 valence electrons. The first-order chi connectivity index (χ1) is 10.2. The molecule has 5 nitrogen and oxygen atoms in total. The molecule has 1 aliphatic rings. The molecule has 0 fully saturated rings. The van der Waals surface area contributed by atoms with Gasteiger partial charge in [-0.2, -0.15) is 0 Å². The van der Waals surface area contributed by atoms with Crippen molar-refractivity contribution in [2.24, 2.45) is 0 Å². The molecule has 0 saturated carbocycles. The molecule has 2 N–H and O–H groups in total. The summed E-state index contributed by atoms with van der Waals surface area (Å²) in [6, 6.07) is 10.8. The number of rotatable bonds is 4. The monoisotopic (exact) mass is 281 g/mol. The van der Waals surface area contributed by atoms with E-state index in [1.165, 1.54) is 0 Å². The Morgan fingerprint density at radius 2 is 2.10 bits per heavy atom. The first-order valence-corrected chi connectivity index (χ1v) is 6.79. The van der Waals surface area contributed by atoms with Gasteiger partial charge in [-0.3, -0.25) is 14.6 Å². The Morgan fingerprint density at radius 1 is 1.24 bits per heavy atom. The van der Waals surface area contributed by atoms with Crippen LogP contribution in [0.25, 0.3) is 0 Å². The van der Waals surface area contributed by atoms with Crippen molar-refractivity contribution in [3.63, 3.8) is 0 Å². The molecule has 5 heteroatoms. The fourth-order valence-electron chi connectivity index (χ4n) is 2.44. The van der Waals surface area contributed by atoms with Crippen molar-refractivity contribution in [1.82, 2.24) is 15.6 Å². The van der Waals surface area contributed by atoms with Crippen molar-refractivity contribution in [3.05, 3.63) is 65.5 Å². The van der Waals surface area contributed by atoms with Crippen LogP contribution in [0.15, 0.2) is 48.8 Å². The molecule has 0 spiro atoms. The van der Waals surface area contributed by atoms with Gasteiger partial charge in [0, 0.05) is 24.5 Å². The molecule has 3 rings (SSSR count). The van der Waals surface area contributed by atoms with E-state index in [2.05, 4.69) is 15.6 Å². The average molecular weight is 281 g/mol. The highest BCUT2D eigenvalue weighted by molar-refractivity contribution is 5.99. The van der Waals surface area contributed by atoms with E-state index in [1.807, 2.05) is 30.3 Å². The van der Waals surface area contributed by atoms with E-state index in [0.717, 1.165) is 11.1 Å². The zero-order valence-electron chi connectivity index (χ0n) is 11.4. The predicted molar refractivity (Wildman–Crippen MR) is 77.3 cm³/mol. The van der Waals surface area contributed by atoms with Gasteiger partial charge in [0.15, 0.2) is 0 Å². The summed E-state index contributed by atoms with van der Waals surface area (Å²) in [4.78, 5) is 27.8. The molecule has 2 heterocycles. The van der Waals surface area contributed by atoms with E-state index in [-0.39, 0.29) is 24.3 Å². The van der Waals surface area contributed by atoms with Crippen molar-refractivity contribution in [2.45, 2.75) is 19.0 Å². The number of amides is 2. The van der Waals surface area contributed by atoms with Gasteiger partial charge in [0.2, 0.25) is 5.91 Å². The zero-order chi connectivity index (χ0) is 14.7. The Balaban J connectivity index is 1.60. The van der Waals surface area contributed by atoms with Crippen LogP contribution in [-0.4, -0.2) is 16.8 Å². The van der Waals surface area contributed by atoms with Crippen LogP contribution in [0.3, 0.4) is 0 Å². The topological polar surface area (TPSA) is 71.1 Å². The standard InChI is InChI=1S/C16H15N3O2/c20-15(18-10-11-4-3-7-17-9-11)8-14-12-5-1-2-6-13(12)16(21)19-14/h1-7,9,14H,8,10H2,(H,18,20)(H,19,21). The van der Waals surface area contributed by atoms with Crippen LogP contribution in [0.5, 0.6) is 0 Å². The largest absolute Gasteiger partial charge is 0.352 e. The second-order valence-corrected chi connectivity index (χ2v) is 4.96. The molecule has 1 aromatic heterocycles. The Kier molecular flexibility index (Phi) is 3.64. The average Bonchev–Trinajstić information content (AvgIpc) is 2.83. The van der Waals surface area contributed by atoms with Crippen LogP contribution < -0.4 is 10.6 Å². The number of nitrogens with one attached hydrogen (secondary N) is 2. The minimum Gasteiger partial charge on any atom is -0.352 e. The maximum absolute atomic E-state index is 12.0. The van der Waals surface area contributed by atoms with Crippen LogP contribution >= 0.6 is 0 Å². The fourth-order valence-corrected chi connectivity index (χ4v) is 2.44. The second kappa shape index (κ2) is 5.75. The number of carbonyl (C=O) groups excluding carboxylic acids is 2. The summed E-state index contributed by atoms with van der Waals surface area (Å²) in [6.45, 7) is 0.439. The summed E-state index contributed by atoms with van der Waals surface area (Å²) >= 11 is 0. The van der Waals surface area contributed by atoms with E-state index in [1.54, 1.807) is 18.5 Å². The molecule has 0 saturated heterocycles. The molecule has 21 heavy (non-hydrogen) atoms. The highest BCUT2D eigenvalue weighted by Gasteiger charge is 2.29. The van der Waals surface area contributed by atoms with Gasteiger partial charge >= 0.3 is 0 Å². The number of hydrogen-bond acceptors (Lipinski definition) is 3. The summed E-state index contributed by atoms with van der Waals surface area (Å²) in [7, 11) is 0. The van der Waals surface area contributed by atoms with E-state index in [4.69, 9.17) is 0 Å². The molecule has 1 aromatic carbocycles. The van der Waals surface area contributed by atoms with Crippen molar-refractivity contribution in [1.29, 1.82) is 0 Å². The quantitative estimate of drug-likeness (QED) is 0.893. The number of pyridine rings is 1. The lowest BCUT2D eigenvalue weighted by Gasteiger charge is -2.11. The molecule has 1 atom stereocenters. The van der Waals surface area contributed by atoms with Gasteiger partial charge in [0.05, 0.1) is 12.5 Å². The van der Waals surface area contributed by atoms with Crippen molar-refractivity contribution in [2.75, 3.05) is 0 Å². The first-order valence-electron chi connectivity index (χ1n) is 6.79. The lowest BCUT2D eigenvalue weighted by molar-refractivity contribution is -0.121. The maximum Gasteiger partial charge on any atom is 0.252 e. The number of aromatic nitrogens is 1. The highest BCUT2D eigenvalue weighted by atomic mass is 16.2. The molecule has 2 amide bonds. The number of hydrogen-bond donors (Lipinski definition) is 2. The SMILES string of the molecule is O=C(CC1NC(=O)c2ccccc21)NCc1cccnc1. The van der Waals surface area contributed by atoms with E-state index in [0.29, 0.717) is 12.1 Å². The molecule has 1 aliphatic heterocycles. The number of carbonyl (C=O) groups is 2. The Bertz CT molecular complexity index is 670. The summed E-state index contributed by atoms with van der Waals surface area (Å²) in [5.74, 6) is -0.212. The zero-order valence-corrected chi connectivity index (χ0v) is 11.4. The van der Waals surface area contributed by atoms with Crippen LogP contribution in [-0.2, 0) is 11.3 Å². The second-order valence-electron chi connectivity index (χ2n) is 4.96. The first kappa shape index (κ1) is 13.3. The minimum atomic E-state index is -0.248. The fraction of sp³-hybridized carbons (Fsp3) is 0.188. The van der Waals surface area contributed by atoms with Crippen molar-refractivity contribution >= 4 is 11.8 Å². The van der Waals surface area contributed by atoms with Crippen LogP contribution in [0.2, 0.25) is 0 Å². The Labute approximate surface area is 122 Å². The number of benzene rings is 1. The van der Waals surface area contributed by atoms with Gasteiger partial charge in [0.1, 0.15) is 0 Å². The van der Waals surface area contributed by atoms with E-state index < -0.39 is 0 Å². The number of nitrogens with zero attached hydrogens (tertiary/aromatic N) is 1. The van der Waals surface area contributed by atoms with Gasteiger partial charge in [-0.05, 0) is 23.3 Å². The molecule has 0 radical (unpaired) electrons. The van der Waals surface area contributed by atoms with Gasteiger partial charge in [0.25, 0.3) is 5.91 Å². The van der Waals surface area contributed by atoms with Gasteiger partial charge in [-0.1, -0.05) is 24.3 Å². The third-order valence-corrected chi connectivity index (χ3v) is 3.49. The Hall–Kier alpha value is -2.69. The number of fused-ring (bicyclic) bond motifs is 1. The highest BCUT2D eigenvalue weighted by Crippen LogP contribution is 2.27. The van der Waals surface area contributed by atoms with Crippen molar-refractivity contribution in [3.8, 4) is 0 Å². The smallest absolute Gasteiger partial charge is 0.252 e.